The molecule has 7 aromatic rings. The lowest BCUT2D eigenvalue weighted by Gasteiger charge is -2.02. The fourth-order valence-electron chi connectivity index (χ4n) is 4.78. The molecule has 0 aliphatic heterocycles. The summed E-state index contributed by atoms with van der Waals surface area (Å²) < 4.78 is 11.6. The van der Waals surface area contributed by atoms with Crippen LogP contribution < -0.4 is 4.57 Å². The minimum atomic E-state index is 0.951. The second-order valence-corrected chi connectivity index (χ2v) is 10.1. The van der Waals surface area contributed by atoms with Crippen LogP contribution in [-0.2, 0) is 7.05 Å². The molecule has 0 atom stereocenters. The van der Waals surface area contributed by atoms with Crippen molar-refractivity contribution in [2.75, 3.05) is 0 Å². The highest BCUT2D eigenvalue weighted by molar-refractivity contribution is 7.32. The van der Waals surface area contributed by atoms with Gasteiger partial charge in [0.1, 0.15) is 22.9 Å². The van der Waals surface area contributed by atoms with Crippen LogP contribution in [0.25, 0.3) is 62.9 Å². The van der Waals surface area contributed by atoms with Crippen LogP contribution in [0.15, 0.2) is 77.2 Å². The first kappa shape index (κ1) is 17.5. The predicted molar refractivity (Wildman–Crippen MR) is 133 cm³/mol. The van der Waals surface area contributed by atoms with Crippen molar-refractivity contribution in [2.24, 2.45) is 7.05 Å². The first-order chi connectivity index (χ1) is 15.2. The molecule has 0 aliphatic rings. The molecule has 0 radical (unpaired) electrons. The Hall–Kier alpha value is -3.21. The maximum atomic E-state index is 6.54. The lowest BCUT2D eigenvalue weighted by Crippen LogP contribution is -2.27. The quantitative estimate of drug-likeness (QED) is 0.239. The zero-order valence-electron chi connectivity index (χ0n) is 17.1. The molecule has 3 heterocycles. The van der Waals surface area contributed by atoms with Gasteiger partial charge in [0.2, 0.25) is 0 Å². The zero-order valence-corrected chi connectivity index (χ0v) is 18.7. The Bertz CT molecular complexity index is 1820. The second kappa shape index (κ2) is 6.16. The Kier molecular flexibility index (Phi) is 3.47. The highest BCUT2D eigenvalue weighted by Crippen LogP contribution is 2.44. The molecule has 0 bridgehead atoms. The third-order valence-electron chi connectivity index (χ3n) is 6.29. The number of aryl methyl sites for hydroxylation is 2. The van der Waals surface area contributed by atoms with E-state index in [-0.39, 0.29) is 0 Å². The fraction of sp³-hybridized carbons (Fsp3) is 0.0741. The zero-order chi connectivity index (χ0) is 20.7. The van der Waals surface area contributed by atoms with Gasteiger partial charge in [-0.15, -0.1) is 0 Å². The Morgan fingerprint density at radius 2 is 1.58 bits per heavy atom. The maximum absolute atomic E-state index is 6.54. The highest BCUT2D eigenvalue weighted by Gasteiger charge is 2.27. The van der Waals surface area contributed by atoms with E-state index < -0.39 is 0 Å². The van der Waals surface area contributed by atoms with Crippen LogP contribution in [0.5, 0.6) is 0 Å². The van der Waals surface area contributed by atoms with Crippen LogP contribution in [-0.4, -0.2) is 0 Å². The van der Waals surface area contributed by atoms with E-state index in [1.165, 1.54) is 57.3 Å². The smallest absolute Gasteiger partial charge is 0.281 e. The molecular formula is C27H18NOS2+. The summed E-state index contributed by atoms with van der Waals surface area (Å²) in [6.45, 7) is 2.19. The average Bonchev–Trinajstić information content (AvgIpc) is 3.45. The van der Waals surface area contributed by atoms with Crippen molar-refractivity contribution in [2.45, 2.75) is 6.92 Å². The number of hydrogen-bond donors (Lipinski definition) is 0. The summed E-state index contributed by atoms with van der Waals surface area (Å²) >= 11 is 3.73. The number of thiazole rings is 1. The normalized spacial score (nSPS) is 12.2. The van der Waals surface area contributed by atoms with Gasteiger partial charge in [-0.1, -0.05) is 83.3 Å². The number of nitrogens with zero attached hydrogens (tertiary/aromatic N) is 1. The van der Waals surface area contributed by atoms with Crippen molar-refractivity contribution in [3.8, 4) is 10.6 Å². The van der Waals surface area contributed by atoms with E-state index in [9.17, 15) is 0 Å². The standard InChI is InChI=1S/C27H18NOS2/c1-15-11-13-19-23-17-8-4-3-7-16(17)12-14-20(23)29-24(19)22(15)26-28(2)27-25(31-26)18-9-5-6-10-21(18)30-27/h3-14H,1-2H3/q+1. The van der Waals surface area contributed by atoms with Crippen LogP contribution in [0, 0.1) is 6.92 Å². The van der Waals surface area contributed by atoms with Gasteiger partial charge in [0.15, 0.2) is 5.58 Å². The van der Waals surface area contributed by atoms with Crippen molar-refractivity contribution < 1.29 is 8.98 Å². The van der Waals surface area contributed by atoms with E-state index in [2.05, 4.69) is 91.3 Å². The third kappa shape index (κ3) is 2.29. The van der Waals surface area contributed by atoms with Gasteiger partial charge in [-0.2, -0.15) is 4.57 Å². The highest BCUT2D eigenvalue weighted by atomic mass is 32.1. The maximum Gasteiger partial charge on any atom is 0.281 e. The Labute approximate surface area is 186 Å². The van der Waals surface area contributed by atoms with Crippen molar-refractivity contribution in [1.82, 2.24) is 0 Å². The molecule has 0 N–H and O–H groups in total. The largest absolute Gasteiger partial charge is 0.455 e. The van der Waals surface area contributed by atoms with E-state index in [0.29, 0.717) is 0 Å². The molecule has 0 saturated heterocycles. The van der Waals surface area contributed by atoms with Gasteiger partial charge in [0.05, 0.1) is 0 Å². The van der Waals surface area contributed by atoms with Gasteiger partial charge in [-0.05, 0) is 35.4 Å². The molecular weight excluding hydrogens is 418 g/mol. The van der Waals surface area contributed by atoms with Gasteiger partial charge in [0.25, 0.3) is 9.84 Å². The Balaban J connectivity index is 1.61. The molecule has 0 amide bonds. The topological polar surface area (TPSA) is 17.0 Å². The van der Waals surface area contributed by atoms with E-state index in [4.69, 9.17) is 4.42 Å². The van der Waals surface area contributed by atoms with Crippen molar-refractivity contribution in [1.29, 1.82) is 0 Å². The summed E-state index contributed by atoms with van der Waals surface area (Å²) in [4.78, 5) is 1.32. The van der Waals surface area contributed by atoms with Crippen molar-refractivity contribution in [3.05, 3.63) is 78.4 Å². The van der Waals surface area contributed by atoms with Crippen LogP contribution >= 0.6 is 22.7 Å². The molecule has 7 rings (SSSR count). The number of rotatable bonds is 1. The number of fused-ring (bicyclic) bond motifs is 8. The van der Waals surface area contributed by atoms with Crippen molar-refractivity contribution in [3.63, 3.8) is 0 Å². The van der Waals surface area contributed by atoms with Gasteiger partial charge < -0.3 is 4.42 Å². The van der Waals surface area contributed by atoms with E-state index in [1.807, 2.05) is 22.7 Å². The second-order valence-electron chi connectivity index (χ2n) is 8.09. The summed E-state index contributed by atoms with van der Waals surface area (Å²) in [5, 5.41) is 7.48. The monoisotopic (exact) mass is 436 g/mol. The minimum absolute atomic E-state index is 0.951. The molecule has 4 aromatic carbocycles. The van der Waals surface area contributed by atoms with Crippen LogP contribution in [0.1, 0.15) is 5.56 Å². The van der Waals surface area contributed by atoms with Gasteiger partial charge in [0, 0.05) is 20.9 Å². The SMILES string of the molecule is Cc1ccc2c(oc3ccc4ccccc4c32)c1-c1sc2c3ccccc3sc2[n+]1C. The lowest BCUT2D eigenvalue weighted by atomic mass is 10.0. The molecule has 0 saturated carbocycles. The van der Waals surface area contributed by atoms with Gasteiger partial charge in [-0.25, -0.2) is 0 Å². The number of furan rings is 1. The Morgan fingerprint density at radius 3 is 2.48 bits per heavy atom. The summed E-state index contributed by atoms with van der Waals surface area (Å²) in [6, 6.07) is 26.0. The number of hydrogen-bond acceptors (Lipinski definition) is 3. The first-order valence-corrected chi connectivity index (χ1v) is 12.0. The number of thiophene rings is 1. The van der Waals surface area contributed by atoms with Crippen molar-refractivity contribution >= 4 is 75.0 Å². The number of benzene rings is 4. The summed E-state index contributed by atoms with van der Waals surface area (Å²) in [5.74, 6) is 0. The first-order valence-electron chi connectivity index (χ1n) is 10.3. The molecule has 0 unspecified atom stereocenters. The molecule has 0 fully saturated rings. The van der Waals surface area contributed by atoms with Crippen LogP contribution in [0.2, 0.25) is 0 Å². The van der Waals surface area contributed by atoms with E-state index >= 15 is 0 Å². The molecule has 2 nitrogen and oxygen atoms in total. The predicted octanol–water partition coefficient (Wildman–Crippen LogP) is 7.97. The minimum Gasteiger partial charge on any atom is -0.455 e. The lowest BCUT2D eigenvalue weighted by molar-refractivity contribution is -0.627. The van der Waals surface area contributed by atoms with E-state index in [0.717, 1.165) is 11.2 Å². The van der Waals surface area contributed by atoms with Gasteiger partial charge in [-0.3, -0.25) is 0 Å². The molecule has 3 aromatic heterocycles. The molecule has 31 heavy (non-hydrogen) atoms. The summed E-state index contributed by atoms with van der Waals surface area (Å²) in [7, 11) is 2.18. The summed E-state index contributed by atoms with van der Waals surface area (Å²) in [6.07, 6.45) is 0. The molecule has 0 spiro atoms. The van der Waals surface area contributed by atoms with Crippen LogP contribution in [0.4, 0.5) is 0 Å². The average molecular weight is 437 g/mol. The third-order valence-corrected chi connectivity index (χ3v) is 8.96. The molecule has 4 heteroatoms. The molecule has 0 aliphatic carbocycles. The fourth-order valence-corrected chi connectivity index (χ4v) is 7.51. The summed E-state index contributed by atoms with van der Waals surface area (Å²) in [5.41, 5.74) is 4.38. The Morgan fingerprint density at radius 1 is 0.774 bits per heavy atom. The van der Waals surface area contributed by atoms with Crippen LogP contribution in [0.3, 0.4) is 0 Å². The van der Waals surface area contributed by atoms with Gasteiger partial charge >= 0.3 is 0 Å². The molecule has 148 valence electrons. The van der Waals surface area contributed by atoms with E-state index in [1.54, 1.807) is 0 Å². The number of aromatic nitrogens is 1.